The van der Waals surface area contributed by atoms with Crippen molar-refractivity contribution < 1.29 is 32.0 Å². The Kier molecular flexibility index (Phi) is 11.0. The van der Waals surface area contributed by atoms with Gasteiger partial charge in [-0.1, -0.05) is 24.3 Å². The molecule has 0 amide bonds. The van der Waals surface area contributed by atoms with Gasteiger partial charge in [-0.2, -0.15) is 0 Å². The molecule has 0 saturated carbocycles. The Morgan fingerprint density at radius 2 is 1.15 bits per heavy atom. The maximum atomic E-state index is 9.60. The van der Waals surface area contributed by atoms with Gasteiger partial charge in [0.2, 0.25) is 0 Å². The largest absolute Gasteiger partial charge is 0.507 e. The van der Waals surface area contributed by atoms with Gasteiger partial charge in [0.15, 0.2) is 0 Å². The van der Waals surface area contributed by atoms with Crippen LogP contribution >= 0.6 is 0 Å². The Hall–Kier alpha value is -2.14. The Balaban J connectivity index is 0.00000338. The van der Waals surface area contributed by atoms with Gasteiger partial charge in [-0.15, -0.1) is 0 Å². The molecule has 0 aliphatic carbocycles. The number of phenolic OH excluding ortho intramolecular Hbond substituents is 2. The average molecular weight is 404 g/mol. The van der Waals surface area contributed by atoms with Crippen molar-refractivity contribution >= 4 is 12.4 Å². The Morgan fingerprint density at radius 3 is 1.58 bits per heavy atom. The number of phenols is 2. The molecule has 5 nitrogen and oxygen atoms in total. The number of hydrogen-bond acceptors (Lipinski definition) is 5. The fourth-order valence-electron chi connectivity index (χ4n) is 2.14. The maximum Gasteiger partial charge on any atom is 0.124 e. The van der Waals surface area contributed by atoms with Gasteiger partial charge in [-0.3, -0.25) is 9.98 Å². The minimum atomic E-state index is 0. The molecule has 0 spiro atoms. The molecule has 0 aliphatic rings. The summed E-state index contributed by atoms with van der Waals surface area (Å²) in [7, 11) is 0. The molecule has 0 unspecified atom stereocenters. The summed E-state index contributed by atoms with van der Waals surface area (Å²) in [5.41, 5.74) is 1.46. The first kappa shape index (κ1) is 21.9. The zero-order chi connectivity index (χ0) is 17.7. The summed E-state index contributed by atoms with van der Waals surface area (Å²) in [6, 6.07) is 14.2. The molecule has 2 aromatic carbocycles. The van der Waals surface area contributed by atoms with Crippen LogP contribution in [0, 0.1) is 0 Å². The van der Waals surface area contributed by atoms with Crippen LogP contribution in [0.3, 0.4) is 0 Å². The van der Waals surface area contributed by atoms with Crippen molar-refractivity contribution in [1.82, 2.24) is 0 Å². The van der Waals surface area contributed by atoms with Crippen molar-refractivity contribution in [2.45, 2.75) is 12.8 Å². The average Bonchev–Trinajstić information content (AvgIpc) is 2.62. The summed E-state index contributed by atoms with van der Waals surface area (Å²) in [5, 5.41) is 19.2. The molecule has 0 fully saturated rings. The second-order valence-electron chi connectivity index (χ2n) is 5.51. The molecule has 2 rings (SSSR count). The van der Waals surface area contributed by atoms with Crippen molar-refractivity contribution in [3.8, 4) is 11.5 Å². The van der Waals surface area contributed by atoms with Crippen molar-refractivity contribution in [2.24, 2.45) is 9.98 Å². The minimum Gasteiger partial charge on any atom is -0.507 e. The molecule has 6 heteroatoms. The van der Waals surface area contributed by atoms with Gasteiger partial charge in [-0.25, -0.2) is 0 Å². The zero-order valence-electron chi connectivity index (χ0n) is 14.5. The van der Waals surface area contributed by atoms with Crippen molar-refractivity contribution in [3.05, 3.63) is 59.7 Å². The third kappa shape index (κ3) is 8.30. The van der Waals surface area contributed by atoms with Crippen LogP contribution in [-0.4, -0.2) is 48.9 Å². The monoisotopic (exact) mass is 403 g/mol. The second kappa shape index (κ2) is 13.1. The third-order valence-electron chi connectivity index (χ3n) is 3.49. The molecule has 0 heterocycles. The van der Waals surface area contributed by atoms with E-state index < -0.39 is 0 Å². The smallest absolute Gasteiger partial charge is 0.124 e. The number of nitrogens with zero attached hydrogens (tertiary/aromatic N) is 2. The molecule has 2 N–H and O–H groups in total. The number of rotatable bonds is 10. The topological polar surface area (TPSA) is 74.4 Å². The van der Waals surface area contributed by atoms with Gasteiger partial charge in [0.05, 0.1) is 0 Å². The maximum absolute atomic E-state index is 9.60. The third-order valence-corrected chi connectivity index (χ3v) is 3.49. The molecule has 0 aliphatic heterocycles. The summed E-state index contributed by atoms with van der Waals surface area (Å²) >= 11 is 0. The predicted octanol–water partition coefficient (Wildman–Crippen LogP) is 3.43. The van der Waals surface area contributed by atoms with Gasteiger partial charge < -0.3 is 14.9 Å². The van der Waals surface area contributed by atoms with Crippen LogP contribution < -0.4 is 0 Å². The van der Waals surface area contributed by atoms with Gasteiger partial charge in [0, 0.05) is 66.9 Å². The number of ether oxygens (including phenoxy) is 1. The summed E-state index contributed by atoms with van der Waals surface area (Å²) in [4.78, 5) is 8.56. The number of benzene rings is 2. The van der Waals surface area contributed by atoms with E-state index in [4.69, 9.17) is 4.74 Å². The molecule has 2 aromatic rings. The van der Waals surface area contributed by atoms with E-state index in [1.807, 2.05) is 24.3 Å². The standard InChI is InChI=1S/C20H24N2O3.Cu/c23-19-9-3-1-7-17(19)15-21-11-5-13-25-14-6-12-22-16-18-8-2-4-10-20(18)24;/h1-4,7-10,15-16,23-24H,5-6,11-14H2;. The van der Waals surface area contributed by atoms with E-state index in [1.54, 1.807) is 36.7 Å². The van der Waals surface area contributed by atoms with E-state index in [0.717, 1.165) is 24.0 Å². The number of aromatic hydroxyl groups is 2. The number of aliphatic imine (C=N–C) groups is 2. The van der Waals surface area contributed by atoms with Crippen LogP contribution in [0.2, 0.25) is 0 Å². The fourth-order valence-corrected chi connectivity index (χ4v) is 2.14. The van der Waals surface area contributed by atoms with E-state index >= 15 is 0 Å². The normalized spacial score (nSPS) is 11.1. The summed E-state index contributed by atoms with van der Waals surface area (Å²) in [6.07, 6.45) is 5.04. The molecular formula is C20H24CuN2O3. The van der Waals surface area contributed by atoms with Crippen LogP contribution in [-0.2, 0) is 21.8 Å². The van der Waals surface area contributed by atoms with E-state index in [-0.39, 0.29) is 28.6 Å². The molecule has 0 atom stereocenters. The van der Waals surface area contributed by atoms with E-state index in [0.29, 0.717) is 26.3 Å². The number of hydrogen-bond donors (Lipinski definition) is 2. The SMILES string of the molecule is Oc1ccccc1C=NCCCOCCCN=Cc1ccccc1O.[Cu]. The first-order chi connectivity index (χ1) is 12.3. The summed E-state index contributed by atoms with van der Waals surface area (Å²) in [6.45, 7) is 2.64. The Bertz CT molecular complexity index is 645. The molecular weight excluding hydrogens is 380 g/mol. The van der Waals surface area contributed by atoms with Gasteiger partial charge in [0.1, 0.15) is 11.5 Å². The van der Waals surface area contributed by atoms with Crippen LogP contribution in [0.15, 0.2) is 58.5 Å². The van der Waals surface area contributed by atoms with E-state index in [1.165, 1.54) is 0 Å². The molecule has 0 bridgehead atoms. The van der Waals surface area contributed by atoms with Crippen LogP contribution in [0.5, 0.6) is 11.5 Å². The molecule has 143 valence electrons. The van der Waals surface area contributed by atoms with Crippen LogP contribution in [0.1, 0.15) is 24.0 Å². The van der Waals surface area contributed by atoms with Crippen LogP contribution in [0.25, 0.3) is 0 Å². The second-order valence-corrected chi connectivity index (χ2v) is 5.51. The fraction of sp³-hybridized carbons (Fsp3) is 0.300. The van der Waals surface area contributed by atoms with Crippen molar-refractivity contribution in [3.63, 3.8) is 0 Å². The van der Waals surface area contributed by atoms with Crippen molar-refractivity contribution in [2.75, 3.05) is 26.3 Å². The van der Waals surface area contributed by atoms with E-state index in [2.05, 4.69) is 9.98 Å². The molecule has 0 saturated heterocycles. The van der Waals surface area contributed by atoms with E-state index in [9.17, 15) is 10.2 Å². The van der Waals surface area contributed by atoms with Gasteiger partial charge >= 0.3 is 0 Å². The molecule has 0 aromatic heterocycles. The summed E-state index contributed by atoms with van der Waals surface area (Å²) < 4.78 is 5.54. The first-order valence-corrected chi connectivity index (χ1v) is 8.41. The quantitative estimate of drug-likeness (QED) is 0.362. The van der Waals surface area contributed by atoms with Gasteiger partial charge in [-0.05, 0) is 37.1 Å². The van der Waals surface area contributed by atoms with Crippen LogP contribution in [0.4, 0.5) is 0 Å². The molecule has 26 heavy (non-hydrogen) atoms. The minimum absolute atomic E-state index is 0. The first-order valence-electron chi connectivity index (χ1n) is 8.41. The Labute approximate surface area is 164 Å². The zero-order valence-corrected chi connectivity index (χ0v) is 15.5. The molecule has 1 radical (unpaired) electrons. The Morgan fingerprint density at radius 1 is 0.731 bits per heavy atom. The predicted molar refractivity (Wildman–Crippen MR) is 101 cm³/mol. The summed E-state index contributed by atoms with van der Waals surface area (Å²) in [5.74, 6) is 0.485. The van der Waals surface area contributed by atoms with Crippen molar-refractivity contribution in [1.29, 1.82) is 0 Å². The van der Waals surface area contributed by atoms with Gasteiger partial charge in [0.25, 0.3) is 0 Å². The number of para-hydroxylation sites is 2.